The number of likely N-dealkylation sites (N-methyl/N-ethyl adjacent to an activating group) is 1. The second kappa shape index (κ2) is 9.87. The summed E-state index contributed by atoms with van der Waals surface area (Å²) in [6.45, 7) is -0.143. The molecule has 0 bridgehead atoms. The van der Waals surface area contributed by atoms with Gasteiger partial charge in [0.1, 0.15) is 6.54 Å². The summed E-state index contributed by atoms with van der Waals surface area (Å²) in [6.07, 6.45) is 0. The van der Waals surface area contributed by atoms with Crippen LogP contribution < -0.4 is 19.7 Å². The summed E-state index contributed by atoms with van der Waals surface area (Å²) in [5.74, 6) is 0.166. The maximum absolute atomic E-state index is 12.4. The highest BCUT2D eigenvalue weighted by atomic mass is 19.3. The molecule has 0 spiro atoms. The molecule has 1 unspecified atom stereocenters. The lowest BCUT2D eigenvalue weighted by atomic mass is 10.1. The summed E-state index contributed by atoms with van der Waals surface area (Å²) in [6, 6.07) is 14.5. The van der Waals surface area contributed by atoms with Crippen LogP contribution in [0.1, 0.15) is 24.1 Å². The second-order valence-electron chi connectivity index (χ2n) is 6.37. The van der Waals surface area contributed by atoms with Crippen LogP contribution in [-0.2, 0) is 11.3 Å². The molecule has 146 valence electrons. The average molecular weight is 379 g/mol. The minimum Gasteiger partial charge on any atom is -0.493 e. The van der Waals surface area contributed by atoms with Gasteiger partial charge in [-0.1, -0.05) is 30.3 Å². The summed E-state index contributed by atoms with van der Waals surface area (Å²) >= 11 is 0. The fourth-order valence-electron chi connectivity index (χ4n) is 2.82. The average Bonchev–Trinajstić information content (AvgIpc) is 2.63. The number of carbonyl (C=O) groups excluding carboxylic acids is 1. The van der Waals surface area contributed by atoms with E-state index in [1.54, 1.807) is 12.1 Å². The van der Waals surface area contributed by atoms with Gasteiger partial charge in [0.05, 0.1) is 20.2 Å². The van der Waals surface area contributed by atoms with Gasteiger partial charge in [-0.2, -0.15) is 8.78 Å². The molecule has 2 aromatic carbocycles. The zero-order valence-corrected chi connectivity index (χ0v) is 15.7. The van der Waals surface area contributed by atoms with Crippen molar-refractivity contribution in [3.05, 3.63) is 59.7 Å². The van der Waals surface area contributed by atoms with Crippen molar-refractivity contribution in [3.8, 4) is 11.5 Å². The lowest BCUT2D eigenvalue weighted by Crippen LogP contribution is -3.08. The van der Waals surface area contributed by atoms with E-state index in [1.807, 2.05) is 44.3 Å². The Morgan fingerprint density at radius 2 is 1.85 bits per heavy atom. The highest BCUT2D eigenvalue weighted by Crippen LogP contribution is 2.29. The highest BCUT2D eigenvalue weighted by molar-refractivity contribution is 5.77. The molecule has 0 saturated carbocycles. The van der Waals surface area contributed by atoms with E-state index in [0.717, 1.165) is 16.0 Å². The SMILES string of the molecule is COc1cc(C[NH+](C)CC(=O)N[C@H](C)c2ccccc2)ccc1OC(F)F. The molecule has 0 fully saturated rings. The maximum atomic E-state index is 12.4. The van der Waals surface area contributed by atoms with Gasteiger partial charge in [-0.25, -0.2) is 0 Å². The first kappa shape index (κ1) is 20.6. The third-order valence-corrected chi connectivity index (χ3v) is 4.09. The van der Waals surface area contributed by atoms with Crippen molar-refractivity contribution in [1.29, 1.82) is 0 Å². The van der Waals surface area contributed by atoms with Gasteiger partial charge in [0.25, 0.3) is 5.91 Å². The van der Waals surface area contributed by atoms with Crippen molar-refractivity contribution in [2.24, 2.45) is 0 Å². The number of quaternary nitrogens is 1. The van der Waals surface area contributed by atoms with Gasteiger partial charge in [0, 0.05) is 5.56 Å². The molecule has 0 saturated heterocycles. The van der Waals surface area contributed by atoms with Crippen molar-refractivity contribution in [2.75, 3.05) is 20.7 Å². The number of carbonyl (C=O) groups is 1. The lowest BCUT2D eigenvalue weighted by Gasteiger charge is -2.18. The van der Waals surface area contributed by atoms with Crippen LogP contribution in [0.3, 0.4) is 0 Å². The van der Waals surface area contributed by atoms with Gasteiger partial charge >= 0.3 is 6.61 Å². The minimum absolute atomic E-state index is 0.0108. The molecule has 1 amide bonds. The van der Waals surface area contributed by atoms with E-state index >= 15 is 0 Å². The van der Waals surface area contributed by atoms with Crippen LogP contribution in [0.15, 0.2) is 48.5 Å². The second-order valence-corrected chi connectivity index (χ2v) is 6.37. The van der Waals surface area contributed by atoms with Crippen LogP contribution in [0.25, 0.3) is 0 Å². The number of halogens is 2. The Labute approximate surface area is 157 Å². The standard InChI is InChI=1S/C20H24F2N2O3/c1-14(16-7-5-4-6-8-16)23-19(25)13-24(2)12-15-9-10-17(27-20(21)22)18(11-15)26-3/h4-11,14,20H,12-13H2,1-3H3,(H,23,25)/p+1/t14-/m1/s1. The van der Waals surface area contributed by atoms with E-state index in [9.17, 15) is 13.6 Å². The summed E-state index contributed by atoms with van der Waals surface area (Å²) < 4.78 is 34.3. The third kappa shape index (κ3) is 6.53. The first-order chi connectivity index (χ1) is 12.9. The van der Waals surface area contributed by atoms with Crippen LogP contribution in [-0.4, -0.2) is 33.2 Å². The molecule has 5 nitrogen and oxygen atoms in total. The first-order valence-corrected chi connectivity index (χ1v) is 8.66. The Hall–Kier alpha value is -2.67. The van der Waals surface area contributed by atoms with Crippen LogP contribution in [0, 0.1) is 0 Å². The molecule has 7 heteroatoms. The number of ether oxygens (including phenoxy) is 2. The van der Waals surface area contributed by atoms with E-state index in [0.29, 0.717) is 6.54 Å². The summed E-state index contributed by atoms with van der Waals surface area (Å²) in [5.41, 5.74) is 1.90. The molecular weight excluding hydrogens is 354 g/mol. The monoisotopic (exact) mass is 379 g/mol. The van der Waals surface area contributed by atoms with Crippen molar-refractivity contribution >= 4 is 5.91 Å². The van der Waals surface area contributed by atoms with Gasteiger partial charge in [0.2, 0.25) is 0 Å². The topological polar surface area (TPSA) is 52.0 Å². The molecule has 0 aliphatic carbocycles. The Bertz CT molecular complexity index is 741. The number of methoxy groups -OCH3 is 1. The van der Waals surface area contributed by atoms with Crippen molar-refractivity contribution < 1.29 is 27.9 Å². The van der Waals surface area contributed by atoms with Crippen LogP contribution in [0.2, 0.25) is 0 Å². The van der Waals surface area contributed by atoms with Crippen LogP contribution in [0.5, 0.6) is 11.5 Å². The number of alkyl halides is 2. The molecule has 0 heterocycles. The van der Waals surface area contributed by atoms with Gasteiger partial charge in [-0.15, -0.1) is 0 Å². The van der Waals surface area contributed by atoms with Gasteiger partial charge in [-0.3, -0.25) is 4.79 Å². The van der Waals surface area contributed by atoms with Crippen LogP contribution >= 0.6 is 0 Å². The van der Waals surface area contributed by atoms with E-state index in [-0.39, 0.29) is 30.0 Å². The van der Waals surface area contributed by atoms with E-state index in [1.165, 1.54) is 13.2 Å². The minimum atomic E-state index is -2.91. The molecule has 2 atom stereocenters. The molecule has 2 rings (SSSR count). The largest absolute Gasteiger partial charge is 0.493 e. The molecule has 0 aromatic heterocycles. The normalized spacial score (nSPS) is 13.1. The maximum Gasteiger partial charge on any atom is 0.387 e. The van der Waals surface area contributed by atoms with E-state index in [4.69, 9.17) is 4.74 Å². The lowest BCUT2D eigenvalue weighted by molar-refractivity contribution is -0.885. The highest BCUT2D eigenvalue weighted by Gasteiger charge is 2.16. The molecule has 0 radical (unpaired) electrons. The quantitative estimate of drug-likeness (QED) is 0.702. The smallest absolute Gasteiger partial charge is 0.387 e. The third-order valence-electron chi connectivity index (χ3n) is 4.09. The summed E-state index contributed by atoms with van der Waals surface area (Å²) in [5, 5.41) is 2.98. The molecule has 2 N–H and O–H groups in total. The van der Waals surface area contributed by atoms with Gasteiger partial charge < -0.3 is 19.7 Å². The number of rotatable bonds is 9. The molecule has 27 heavy (non-hydrogen) atoms. The molecule has 0 aliphatic heterocycles. The first-order valence-electron chi connectivity index (χ1n) is 8.66. The Balaban J connectivity index is 1.91. The summed E-state index contributed by atoms with van der Waals surface area (Å²) in [7, 11) is 3.29. The van der Waals surface area contributed by atoms with E-state index < -0.39 is 6.61 Å². The zero-order valence-electron chi connectivity index (χ0n) is 15.7. The number of hydrogen-bond donors (Lipinski definition) is 2. The molecule has 0 aliphatic rings. The number of hydrogen-bond acceptors (Lipinski definition) is 3. The molecular formula is C20H25F2N2O3+. The number of amides is 1. The van der Waals surface area contributed by atoms with Gasteiger partial charge in [0.15, 0.2) is 18.0 Å². The van der Waals surface area contributed by atoms with Crippen molar-refractivity contribution in [1.82, 2.24) is 5.32 Å². The van der Waals surface area contributed by atoms with E-state index in [2.05, 4.69) is 10.1 Å². The molecule has 2 aromatic rings. The fraction of sp³-hybridized carbons (Fsp3) is 0.350. The Morgan fingerprint density at radius 1 is 1.15 bits per heavy atom. The van der Waals surface area contributed by atoms with Crippen LogP contribution in [0.4, 0.5) is 8.78 Å². The predicted octanol–water partition coefficient (Wildman–Crippen LogP) is 2.19. The number of nitrogens with one attached hydrogen (secondary N) is 2. The Morgan fingerprint density at radius 3 is 2.48 bits per heavy atom. The van der Waals surface area contributed by atoms with Crippen molar-refractivity contribution in [2.45, 2.75) is 26.1 Å². The number of benzene rings is 2. The summed E-state index contributed by atoms with van der Waals surface area (Å²) in [4.78, 5) is 13.2. The zero-order chi connectivity index (χ0) is 19.8. The predicted molar refractivity (Wildman–Crippen MR) is 98.1 cm³/mol. The Kier molecular flexibility index (Phi) is 7.55. The van der Waals surface area contributed by atoms with Gasteiger partial charge in [-0.05, 0) is 30.7 Å². The fourth-order valence-corrected chi connectivity index (χ4v) is 2.82. The van der Waals surface area contributed by atoms with Crippen molar-refractivity contribution in [3.63, 3.8) is 0 Å².